The molecule has 1 saturated carbocycles. The predicted molar refractivity (Wildman–Crippen MR) is 138 cm³/mol. The molecule has 1 aliphatic carbocycles. The first-order chi connectivity index (χ1) is 14.9. The standard InChI is InChI=1S/C24H32FN5O.HI/c1-26-23(29-17-24(11-12-24)20-9-4-5-10-21(20)25)28-16-18-7-6-8-19(15-18)22(31)27-13-14-30(2)3;/h4-10,15H,11-14,16-17H2,1-3H3,(H,27,31)(H2,26,28,29);1H. The maximum absolute atomic E-state index is 14.2. The molecule has 0 radical (unpaired) electrons. The first kappa shape index (κ1) is 26.1. The molecule has 0 unspecified atom stereocenters. The molecule has 32 heavy (non-hydrogen) atoms. The molecule has 0 aromatic heterocycles. The van der Waals surface area contributed by atoms with Gasteiger partial charge in [-0.15, -0.1) is 24.0 Å². The van der Waals surface area contributed by atoms with Crippen LogP contribution in [0.2, 0.25) is 0 Å². The maximum atomic E-state index is 14.2. The number of amides is 1. The largest absolute Gasteiger partial charge is 0.356 e. The number of halogens is 2. The third kappa shape index (κ3) is 7.16. The van der Waals surface area contributed by atoms with E-state index in [-0.39, 0.29) is 41.1 Å². The summed E-state index contributed by atoms with van der Waals surface area (Å²) in [4.78, 5) is 18.6. The van der Waals surface area contributed by atoms with Gasteiger partial charge < -0.3 is 20.9 Å². The second-order valence-corrected chi connectivity index (χ2v) is 8.30. The van der Waals surface area contributed by atoms with Crippen LogP contribution in [0.4, 0.5) is 4.39 Å². The van der Waals surface area contributed by atoms with Crippen molar-refractivity contribution in [3.8, 4) is 0 Å². The van der Waals surface area contributed by atoms with Crippen molar-refractivity contribution in [2.45, 2.75) is 24.8 Å². The van der Waals surface area contributed by atoms with Gasteiger partial charge in [0, 0.05) is 44.2 Å². The molecule has 0 aliphatic heterocycles. The Labute approximate surface area is 207 Å². The number of aliphatic imine (C=N–C) groups is 1. The van der Waals surface area contributed by atoms with Crippen molar-refractivity contribution in [2.24, 2.45) is 4.99 Å². The topological polar surface area (TPSA) is 68.8 Å². The molecular weight excluding hydrogens is 520 g/mol. The zero-order chi connectivity index (χ0) is 22.3. The van der Waals surface area contributed by atoms with E-state index in [2.05, 4.69) is 20.9 Å². The van der Waals surface area contributed by atoms with E-state index >= 15 is 0 Å². The summed E-state index contributed by atoms with van der Waals surface area (Å²) in [7, 11) is 5.66. The van der Waals surface area contributed by atoms with E-state index in [0.29, 0.717) is 31.2 Å². The Balaban J connectivity index is 0.00000363. The van der Waals surface area contributed by atoms with Gasteiger partial charge in [-0.25, -0.2) is 4.39 Å². The van der Waals surface area contributed by atoms with Crippen molar-refractivity contribution in [3.05, 3.63) is 71.0 Å². The van der Waals surface area contributed by atoms with E-state index in [9.17, 15) is 9.18 Å². The molecule has 0 spiro atoms. The second-order valence-electron chi connectivity index (χ2n) is 8.30. The molecule has 0 atom stereocenters. The lowest BCUT2D eigenvalue weighted by atomic mass is 9.95. The van der Waals surface area contributed by atoms with Gasteiger partial charge in [-0.2, -0.15) is 0 Å². The van der Waals surface area contributed by atoms with Crippen molar-refractivity contribution < 1.29 is 9.18 Å². The van der Waals surface area contributed by atoms with Gasteiger partial charge in [0.15, 0.2) is 5.96 Å². The number of benzene rings is 2. The van der Waals surface area contributed by atoms with E-state index < -0.39 is 0 Å². The molecule has 8 heteroatoms. The van der Waals surface area contributed by atoms with Crippen LogP contribution in [0.25, 0.3) is 0 Å². The first-order valence-corrected chi connectivity index (χ1v) is 10.6. The van der Waals surface area contributed by atoms with Gasteiger partial charge in [0.2, 0.25) is 0 Å². The van der Waals surface area contributed by atoms with E-state index in [0.717, 1.165) is 30.5 Å². The Bertz CT molecular complexity index is 930. The quantitative estimate of drug-likeness (QED) is 0.254. The SMILES string of the molecule is CN=C(NCc1cccc(C(=O)NCCN(C)C)c1)NCC1(c2ccccc2F)CC1.I. The van der Waals surface area contributed by atoms with Crippen LogP contribution in [-0.4, -0.2) is 57.5 Å². The molecule has 3 N–H and O–H groups in total. The first-order valence-electron chi connectivity index (χ1n) is 10.6. The Hall–Kier alpha value is -2.20. The highest BCUT2D eigenvalue weighted by Crippen LogP contribution is 2.48. The van der Waals surface area contributed by atoms with Crippen LogP contribution in [-0.2, 0) is 12.0 Å². The van der Waals surface area contributed by atoms with Gasteiger partial charge in [-0.1, -0.05) is 30.3 Å². The second kappa shape index (κ2) is 12.2. The van der Waals surface area contributed by atoms with Gasteiger partial charge in [-0.3, -0.25) is 9.79 Å². The molecule has 2 aromatic rings. The molecule has 1 aliphatic rings. The Morgan fingerprint density at radius 1 is 1.09 bits per heavy atom. The fraction of sp³-hybridized carbons (Fsp3) is 0.417. The fourth-order valence-electron chi connectivity index (χ4n) is 3.56. The van der Waals surface area contributed by atoms with Crippen molar-refractivity contribution in [2.75, 3.05) is 40.8 Å². The fourth-order valence-corrected chi connectivity index (χ4v) is 3.56. The van der Waals surface area contributed by atoms with Gasteiger partial charge in [0.1, 0.15) is 5.82 Å². The van der Waals surface area contributed by atoms with Gasteiger partial charge >= 0.3 is 0 Å². The number of nitrogens with zero attached hydrogens (tertiary/aromatic N) is 2. The van der Waals surface area contributed by atoms with Crippen LogP contribution < -0.4 is 16.0 Å². The number of hydrogen-bond donors (Lipinski definition) is 3. The Kier molecular flexibility index (Phi) is 9.89. The third-order valence-electron chi connectivity index (χ3n) is 5.61. The normalized spacial score (nSPS) is 14.5. The number of hydrogen-bond acceptors (Lipinski definition) is 3. The van der Waals surface area contributed by atoms with Gasteiger partial charge in [-0.05, 0) is 56.3 Å². The van der Waals surface area contributed by atoms with Crippen LogP contribution in [0.3, 0.4) is 0 Å². The number of rotatable bonds is 9. The Morgan fingerprint density at radius 3 is 2.50 bits per heavy atom. The van der Waals surface area contributed by atoms with Gasteiger partial charge in [0.25, 0.3) is 5.91 Å². The van der Waals surface area contributed by atoms with Crippen molar-refractivity contribution in [1.29, 1.82) is 0 Å². The summed E-state index contributed by atoms with van der Waals surface area (Å²) in [6.07, 6.45) is 1.92. The minimum absolute atomic E-state index is 0. The highest BCUT2D eigenvalue weighted by molar-refractivity contribution is 14.0. The molecule has 1 fully saturated rings. The molecule has 2 aromatic carbocycles. The minimum atomic E-state index is -0.159. The van der Waals surface area contributed by atoms with E-state index in [1.807, 2.05) is 55.4 Å². The van der Waals surface area contributed by atoms with Crippen LogP contribution in [0.1, 0.15) is 34.3 Å². The highest BCUT2D eigenvalue weighted by atomic mass is 127. The molecule has 6 nitrogen and oxygen atoms in total. The number of guanidine groups is 1. The molecular formula is C24H33FIN5O. The monoisotopic (exact) mass is 553 g/mol. The maximum Gasteiger partial charge on any atom is 0.251 e. The molecule has 174 valence electrons. The molecule has 3 rings (SSSR count). The molecule has 0 saturated heterocycles. The van der Waals surface area contributed by atoms with Gasteiger partial charge in [0.05, 0.1) is 0 Å². The summed E-state index contributed by atoms with van der Waals surface area (Å²) in [5.74, 6) is 0.431. The summed E-state index contributed by atoms with van der Waals surface area (Å²) in [5.41, 5.74) is 2.23. The average Bonchev–Trinajstić information content (AvgIpc) is 3.55. The van der Waals surface area contributed by atoms with E-state index in [1.165, 1.54) is 6.07 Å². The summed E-state index contributed by atoms with van der Waals surface area (Å²) in [5, 5.41) is 9.55. The van der Waals surface area contributed by atoms with E-state index in [1.54, 1.807) is 13.1 Å². The highest BCUT2D eigenvalue weighted by Gasteiger charge is 2.45. The number of likely N-dealkylation sites (N-methyl/N-ethyl adjacent to an activating group) is 1. The molecule has 0 bridgehead atoms. The van der Waals surface area contributed by atoms with E-state index in [4.69, 9.17) is 0 Å². The lowest BCUT2D eigenvalue weighted by Crippen LogP contribution is -2.41. The zero-order valence-electron chi connectivity index (χ0n) is 19.0. The third-order valence-corrected chi connectivity index (χ3v) is 5.61. The summed E-state index contributed by atoms with van der Waals surface area (Å²) in [6, 6.07) is 14.5. The predicted octanol–water partition coefficient (Wildman–Crippen LogP) is 3.13. The number of carbonyl (C=O) groups is 1. The molecule has 0 heterocycles. The summed E-state index contributed by atoms with van der Waals surface area (Å²) in [6.45, 7) is 2.56. The van der Waals surface area contributed by atoms with Crippen LogP contribution >= 0.6 is 24.0 Å². The van der Waals surface area contributed by atoms with Crippen molar-refractivity contribution in [1.82, 2.24) is 20.9 Å². The zero-order valence-corrected chi connectivity index (χ0v) is 21.3. The van der Waals surface area contributed by atoms with Crippen LogP contribution in [0.15, 0.2) is 53.5 Å². The van der Waals surface area contributed by atoms with Crippen molar-refractivity contribution in [3.63, 3.8) is 0 Å². The number of nitrogens with one attached hydrogen (secondary N) is 3. The average molecular weight is 553 g/mol. The Morgan fingerprint density at radius 2 is 1.84 bits per heavy atom. The lowest BCUT2D eigenvalue weighted by molar-refractivity contribution is 0.0951. The summed E-state index contributed by atoms with van der Waals surface area (Å²) < 4.78 is 14.2. The van der Waals surface area contributed by atoms with Crippen molar-refractivity contribution >= 4 is 35.8 Å². The summed E-state index contributed by atoms with van der Waals surface area (Å²) >= 11 is 0. The lowest BCUT2D eigenvalue weighted by Gasteiger charge is -2.19. The van der Waals surface area contributed by atoms with Crippen LogP contribution in [0.5, 0.6) is 0 Å². The van der Waals surface area contributed by atoms with Crippen LogP contribution in [0, 0.1) is 5.82 Å². The molecule has 1 amide bonds. The minimum Gasteiger partial charge on any atom is -0.356 e. The smallest absolute Gasteiger partial charge is 0.251 e. The number of carbonyl (C=O) groups excluding carboxylic acids is 1.